The fourth-order valence-electron chi connectivity index (χ4n) is 1.26. The summed E-state index contributed by atoms with van der Waals surface area (Å²) >= 11 is 0. The van der Waals surface area contributed by atoms with E-state index in [-0.39, 0.29) is 5.41 Å². The van der Waals surface area contributed by atoms with Gasteiger partial charge < -0.3 is 0 Å². The molecule has 0 bridgehead atoms. The van der Waals surface area contributed by atoms with Crippen molar-refractivity contribution in [3.63, 3.8) is 0 Å². The summed E-state index contributed by atoms with van der Waals surface area (Å²) in [7, 11) is 0. The summed E-state index contributed by atoms with van der Waals surface area (Å²) in [5.74, 6) is 0. The number of rotatable bonds is 2. The van der Waals surface area contributed by atoms with E-state index in [2.05, 4.69) is 26.8 Å². The summed E-state index contributed by atoms with van der Waals surface area (Å²) < 4.78 is 1.85. The van der Waals surface area contributed by atoms with Gasteiger partial charge in [-0.05, 0) is 13.0 Å². The minimum Gasteiger partial charge on any atom is -0.271 e. The zero-order chi connectivity index (χ0) is 9.90. The zero-order valence-electron chi connectivity index (χ0n) is 8.87. The molecule has 1 aromatic heterocycles. The van der Waals surface area contributed by atoms with Crippen LogP contribution in [0.5, 0.6) is 0 Å². The van der Waals surface area contributed by atoms with Crippen molar-refractivity contribution in [1.82, 2.24) is 0 Å². The average molecular weight is 180 g/mol. The lowest BCUT2D eigenvalue weighted by molar-refractivity contribution is -0.897. The highest BCUT2D eigenvalue weighted by atomic mass is 16.7. The number of hydrogen-bond acceptors (Lipinski definition) is 1. The van der Waals surface area contributed by atoms with Crippen LogP contribution in [0.25, 0.3) is 0 Å². The monoisotopic (exact) mass is 180 g/mol. The Balaban J connectivity index is 3.05. The molecule has 0 saturated carbocycles. The summed E-state index contributed by atoms with van der Waals surface area (Å²) in [6.45, 7) is 9.22. The minimum absolute atomic E-state index is 0.121. The summed E-state index contributed by atoms with van der Waals surface area (Å²) in [6.07, 6.45) is 1.95. The van der Waals surface area contributed by atoms with Crippen LogP contribution in [0.15, 0.2) is 24.4 Å². The smallest absolute Gasteiger partial charge is 0.239 e. The van der Waals surface area contributed by atoms with Crippen LogP contribution < -0.4 is 9.57 Å². The van der Waals surface area contributed by atoms with Gasteiger partial charge in [0.25, 0.3) is 0 Å². The van der Waals surface area contributed by atoms with Crippen molar-refractivity contribution in [2.75, 3.05) is 6.61 Å². The third-order valence-corrected chi connectivity index (χ3v) is 1.86. The molecule has 2 heteroatoms. The molecule has 13 heavy (non-hydrogen) atoms. The maximum absolute atomic E-state index is 5.48. The lowest BCUT2D eigenvalue weighted by Crippen LogP contribution is -2.49. The van der Waals surface area contributed by atoms with Crippen LogP contribution in [0.4, 0.5) is 0 Å². The van der Waals surface area contributed by atoms with Gasteiger partial charge in [-0.25, -0.2) is 0 Å². The van der Waals surface area contributed by atoms with E-state index in [1.165, 1.54) is 5.69 Å². The Labute approximate surface area is 80.1 Å². The van der Waals surface area contributed by atoms with E-state index in [4.69, 9.17) is 4.84 Å². The molecule has 0 amide bonds. The van der Waals surface area contributed by atoms with Crippen LogP contribution in [0, 0.1) is 0 Å². The van der Waals surface area contributed by atoms with Crippen molar-refractivity contribution in [2.45, 2.75) is 33.1 Å². The fraction of sp³-hybridized carbons (Fsp3) is 0.545. The second kappa shape index (κ2) is 3.77. The Morgan fingerprint density at radius 2 is 2.00 bits per heavy atom. The van der Waals surface area contributed by atoms with Crippen LogP contribution >= 0.6 is 0 Å². The van der Waals surface area contributed by atoms with E-state index in [0.29, 0.717) is 6.61 Å². The van der Waals surface area contributed by atoms with E-state index >= 15 is 0 Å². The minimum atomic E-state index is 0.121. The first-order valence-corrected chi connectivity index (χ1v) is 4.70. The van der Waals surface area contributed by atoms with E-state index in [9.17, 15) is 0 Å². The maximum Gasteiger partial charge on any atom is 0.239 e. The van der Waals surface area contributed by atoms with Crippen molar-refractivity contribution in [3.8, 4) is 0 Å². The van der Waals surface area contributed by atoms with E-state index in [1.54, 1.807) is 0 Å². The van der Waals surface area contributed by atoms with Gasteiger partial charge in [0.1, 0.15) is 0 Å². The Kier molecular flexibility index (Phi) is 2.91. The van der Waals surface area contributed by atoms with Crippen molar-refractivity contribution >= 4 is 0 Å². The molecule has 2 nitrogen and oxygen atoms in total. The highest BCUT2D eigenvalue weighted by Gasteiger charge is 2.25. The predicted molar refractivity (Wildman–Crippen MR) is 52.5 cm³/mol. The molecule has 1 rings (SSSR count). The SMILES string of the molecule is CCO[n+]1ccccc1C(C)(C)C. The van der Waals surface area contributed by atoms with Crippen LogP contribution in [-0.2, 0) is 5.41 Å². The predicted octanol–water partition coefficient (Wildman–Crippen LogP) is 1.72. The molecule has 0 fully saturated rings. The molecule has 0 N–H and O–H groups in total. The highest BCUT2D eigenvalue weighted by Crippen LogP contribution is 2.17. The Hall–Kier alpha value is -1.05. The lowest BCUT2D eigenvalue weighted by Gasteiger charge is -2.14. The quantitative estimate of drug-likeness (QED) is 0.632. The van der Waals surface area contributed by atoms with Gasteiger partial charge in [0.15, 0.2) is 6.61 Å². The third kappa shape index (κ3) is 2.44. The number of hydrogen-bond donors (Lipinski definition) is 0. The van der Waals surface area contributed by atoms with Crippen LogP contribution in [-0.4, -0.2) is 6.61 Å². The molecule has 0 atom stereocenters. The molecule has 0 aliphatic carbocycles. The third-order valence-electron chi connectivity index (χ3n) is 1.86. The Morgan fingerprint density at radius 3 is 2.54 bits per heavy atom. The van der Waals surface area contributed by atoms with Crippen molar-refractivity contribution in [1.29, 1.82) is 0 Å². The second-order valence-electron chi connectivity index (χ2n) is 4.08. The van der Waals surface area contributed by atoms with Crippen LogP contribution in [0.2, 0.25) is 0 Å². The zero-order valence-corrected chi connectivity index (χ0v) is 8.87. The largest absolute Gasteiger partial charge is 0.271 e. The number of aromatic nitrogens is 1. The first-order valence-electron chi connectivity index (χ1n) is 4.70. The van der Waals surface area contributed by atoms with Crippen LogP contribution in [0.3, 0.4) is 0 Å². The van der Waals surface area contributed by atoms with Gasteiger partial charge in [-0.2, -0.15) is 0 Å². The lowest BCUT2D eigenvalue weighted by atomic mass is 9.92. The summed E-state index contributed by atoms with van der Waals surface area (Å²) in [5.41, 5.74) is 1.31. The number of nitrogens with zero attached hydrogens (tertiary/aromatic N) is 1. The Bertz CT molecular complexity index is 276. The molecule has 0 spiro atoms. The molecular weight excluding hydrogens is 162 g/mol. The van der Waals surface area contributed by atoms with Crippen molar-refractivity contribution in [3.05, 3.63) is 30.1 Å². The fourth-order valence-corrected chi connectivity index (χ4v) is 1.26. The summed E-state index contributed by atoms with van der Waals surface area (Å²) in [5, 5.41) is 0. The van der Waals surface area contributed by atoms with Crippen LogP contribution in [0.1, 0.15) is 33.4 Å². The first kappa shape index (κ1) is 10.0. The molecule has 0 aromatic carbocycles. The maximum atomic E-state index is 5.48. The standard InChI is InChI=1S/C11H18NO/c1-5-13-12-9-7-6-8-10(12)11(2,3)4/h6-9H,5H2,1-4H3/q+1. The topological polar surface area (TPSA) is 13.1 Å². The number of pyridine rings is 1. The van der Waals surface area contributed by atoms with Gasteiger partial charge in [-0.3, -0.25) is 4.84 Å². The molecule has 0 saturated heterocycles. The van der Waals surface area contributed by atoms with E-state index in [1.807, 2.05) is 30.0 Å². The van der Waals surface area contributed by atoms with Gasteiger partial charge in [-0.15, -0.1) is 0 Å². The normalized spacial score (nSPS) is 11.4. The van der Waals surface area contributed by atoms with Gasteiger partial charge in [0, 0.05) is 16.9 Å². The first-order chi connectivity index (χ1) is 6.05. The molecule has 0 radical (unpaired) electrons. The van der Waals surface area contributed by atoms with Gasteiger partial charge in [0.05, 0.1) is 5.41 Å². The average Bonchev–Trinajstić information content (AvgIpc) is 2.04. The van der Waals surface area contributed by atoms with E-state index in [0.717, 1.165) is 0 Å². The molecule has 0 aliphatic rings. The second-order valence-corrected chi connectivity index (χ2v) is 4.08. The van der Waals surface area contributed by atoms with Crippen molar-refractivity contribution in [2.24, 2.45) is 0 Å². The van der Waals surface area contributed by atoms with E-state index < -0.39 is 0 Å². The Morgan fingerprint density at radius 1 is 1.31 bits per heavy atom. The molecule has 72 valence electrons. The molecular formula is C11H18NO+. The highest BCUT2D eigenvalue weighted by molar-refractivity contribution is 5.06. The molecule has 1 heterocycles. The summed E-state index contributed by atoms with van der Waals surface area (Å²) in [6, 6.07) is 6.11. The van der Waals surface area contributed by atoms with Crippen molar-refractivity contribution < 1.29 is 9.57 Å². The van der Waals surface area contributed by atoms with Gasteiger partial charge in [-0.1, -0.05) is 20.8 Å². The molecule has 0 unspecified atom stereocenters. The van der Waals surface area contributed by atoms with Gasteiger partial charge in [0.2, 0.25) is 11.9 Å². The summed E-state index contributed by atoms with van der Waals surface area (Å²) in [4.78, 5) is 5.48. The molecule has 0 aliphatic heterocycles. The molecule has 1 aromatic rings. The van der Waals surface area contributed by atoms with Gasteiger partial charge >= 0.3 is 0 Å².